The van der Waals surface area contributed by atoms with Crippen molar-refractivity contribution in [2.45, 2.75) is 6.92 Å². The molecular formula is C4H8O9. The van der Waals surface area contributed by atoms with Crippen LogP contribution in [0.5, 0.6) is 0 Å². The van der Waals surface area contributed by atoms with E-state index in [1.54, 1.807) is 0 Å². The minimum atomic E-state index is -1.83. The normalized spacial score (nSPS) is 6.31. The molecule has 0 fully saturated rings. The third-order valence-corrected chi connectivity index (χ3v) is 0.129. The van der Waals surface area contributed by atoms with E-state index in [0.29, 0.717) is 0 Å². The van der Waals surface area contributed by atoms with Crippen LogP contribution in [0.25, 0.3) is 0 Å². The molecule has 0 radical (unpaired) electrons. The van der Waals surface area contributed by atoms with Gasteiger partial charge in [0.25, 0.3) is 0 Å². The molecule has 0 bridgehead atoms. The predicted octanol–water partition coefficient (Wildman–Crippen LogP) is 0.467. The number of hydrogen-bond acceptors (Lipinski definition) is 5. The zero-order chi connectivity index (χ0) is 11.4. The Hall–Kier alpha value is -2.03. The summed E-state index contributed by atoms with van der Waals surface area (Å²) in [6.07, 6.45) is -3.67. The highest BCUT2D eigenvalue weighted by atomic mass is 17.1. The maximum Gasteiger partial charge on any atom is 0.503 e. The Kier molecular flexibility index (Phi) is 16.7. The topological polar surface area (TPSA) is 162 Å². The Morgan fingerprint density at radius 2 is 1.00 bits per heavy atom. The molecule has 0 aromatic carbocycles. The third-order valence-electron chi connectivity index (χ3n) is 0.129. The van der Waals surface area contributed by atoms with E-state index in [2.05, 4.69) is 4.89 Å². The Labute approximate surface area is 71.3 Å². The standard InChI is InChI=1S/C2H4O3.2CH2O3/c1-2(3)5-4;2*2-1(3)4/h4H,1H3;2*(H2,2,3,4). The molecule has 0 aliphatic heterocycles. The summed E-state index contributed by atoms with van der Waals surface area (Å²) in [5.41, 5.74) is 0. The summed E-state index contributed by atoms with van der Waals surface area (Å²) in [6.45, 7) is 1.11. The molecule has 0 saturated carbocycles. The van der Waals surface area contributed by atoms with Gasteiger partial charge in [-0.3, -0.25) is 0 Å². The molecular weight excluding hydrogens is 192 g/mol. The zero-order valence-electron chi connectivity index (χ0n) is 6.37. The van der Waals surface area contributed by atoms with E-state index >= 15 is 0 Å². The van der Waals surface area contributed by atoms with Gasteiger partial charge in [0.2, 0.25) is 0 Å². The number of carbonyl (C=O) groups is 3. The van der Waals surface area contributed by atoms with Gasteiger partial charge in [-0.05, 0) is 0 Å². The summed E-state index contributed by atoms with van der Waals surface area (Å²) >= 11 is 0. The highest BCUT2D eigenvalue weighted by Gasteiger charge is 1.79. The van der Waals surface area contributed by atoms with Gasteiger partial charge >= 0.3 is 18.3 Å². The van der Waals surface area contributed by atoms with Crippen LogP contribution in [0.1, 0.15) is 6.92 Å². The predicted molar refractivity (Wildman–Crippen MR) is 35.7 cm³/mol. The van der Waals surface area contributed by atoms with E-state index in [-0.39, 0.29) is 0 Å². The fraction of sp³-hybridized carbons (Fsp3) is 0.250. The minimum Gasteiger partial charge on any atom is -0.450 e. The van der Waals surface area contributed by atoms with Crippen LogP contribution in [0.4, 0.5) is 9.59 Å². The molecule has 0 atom stereocenters. The van der Waals surface area contributed by atoms with Crippen LogP contribution >= 0.6 is 0 Å². The van der Waals surface area contributed by atoms with Crippen LogP contribution in [0, 0.1) is 0 Å². The molecule has 0 aliphatic rings. The lowest BCUT2D eigenvalue weighted by Crippen LogP contribution is -1.89. The van der Waals surface area contributed by atoms with Crippen molar-refractivity contribution in [3.63, 3.8) is 0 Å². The number of carboxylic acid groups (broad SMARTS) is 4. The molecule has 78 valence electrons. The van der Waals surface area contributed by atoms with Crippen molar-refractivity contribution in [2.24, 2.45) is 0 Å². The molecule has 0 rings (SSSR count). The van der Waals surface area contributed by atoms with Crippen molar-refractivity contribution >= 4 is 18.3 Å². The van der Waals surface area contributed by atoms with Gasteiger partial charge in [-0.25, -0.2) is 14.4 Å². The van der Waals surface area contributed by atoms with Crippen LogP contribution < -0.4 is 0 Å². The molecule has 0 saturated heterocycles. The van der Waals surface area contributed by atoms with E-state index in [9.17, 15) is 4.79 Å². The van der Waals surface area contributed by atoms with Gasteiger partial charge in [0.05, 0.1) is 0 Å². The fourth-order valence-corrected chi connectivity index (χ4v) is 0. The first-order valence-corrected chi connectivity index (χ1v) is 2.39. The summed E-state index contributed by atoms with van der Waals surface area (Å²) in [6, 6.07) is 0. The fourth-order valence-electron chi connectivity index (χ4n) is 0. The van der Waals surface area contributed by atoms with Crippen molar-refractivity contribution in [2.75, 3.05) is 0 Å². The molecule has 0 aromatic heterocycles. The van der Waals surface area contributed by atoms with Gasteiger partial charge in [0.1, 0.15) is 0 Å². The summed E-state index contributed by atoms with van der Waals surface area (Å²) in [7, 11) is 0. The Balaban J connectivity index is -0.000000117. The first-order chi connectivity index (χ1) is 5.73. The molecule has 0 aromatic rings. The summed E-state index contributed by atoms with van der Waals surface area (Å²) < 4.78 is 0. The van der Waals surface area contributed by atoms with Crippen molar-refractivity contribution in [1.82, 2.24) is 0 Å². The van der Waals surface area contributed by atoms with Crippen molar-refractivity contribution < 1.29 is 45.0 Å². The van der Waals surface area contributed by atoms with E-state index in [4.69, 9.17) is 35.3 Å². The van der Waals surface area contributed by atoms with Gasteiger partial charge in [0, 0.05) is 6.92 Å². The van der Waals surface area contributed by atoms with Crippen molar-refractivity contribution in [3.8, 4) is 0 Å². The van der Waals surface area contributed by atoms with Gasteiger partial charge in [-0.2, -0.15) is 5.26 Å². The van der Waals surface area contributed by atoms with Crippen molar-refractivity contribution in [3.05, 3.63) is 0 Å². The van der Waals surface area contributed by atoms with Crippen LogP contribution in [0.2, 0.25) is 0 Å². The molecule has 0 heterocycles. The maximum absolute atomic E-state index is 9.34. The minimum absolute atomic E-state index is 0.690. The first kappa shape index (κ1) is 17.2. The lowest BCUT2D eigenvalue weighted by Gasteiger charge is -1.76. The first-order valence-electron chi connectivity index (χ1n) is 2.39. The van der Waals surface area contributed by atoms with E-state index < -0.39 is 18.3 Å². The third kappa shape index (κ3) is 704000. The van der Waals surface area contributed by atoms with Crippen LogP contribution in [0.3, 0.4) is 0 Å². The molecule has 5 N–H and O–H groups in total. The highest BCUT2D eigenvalue weighted by Crippen LogP contribution is 1.59. The second kappa shape index (κ2) is 12.6. The summed E-state index contributed by atoms with van der Waals surface area (Å²) in [5, 5.41) is 35.2. The quantitative estimate of drug-likeness (QED) is 0.276. The van der Waals surface area contributed by atoms with Crippen LogP contribution in [0.15, 0.2) is 0 Å². The summed E-state index contributed by atoms with van der Waals surface area (Å²) in [4.78, 5) is 29.6. The van der Waals surface area contributed by atoms with Crippen molar-refractivity contribution in [1.29, 1.82) is 0 Å². The molecule has 9 heteroatoms. The SMILES string of the molecule is CC(=O)OO.O=C(O)O.O=C(O)O. The lowest BCUT2D eigenvalue weighted by molar-refractivity contribution is -0.231. The average Bonchev–Trinajstić information content (AvgIpc) is 1.84. The number of rotatable bonds is 0. The second-order valence-corrected chi connectivity index (χ2v) is 1.15. The summed E-state index contributed by atoms with van der Waals surface area (Å²) in [5.74, 6) is -0.690. The lowest BCUT2D eigenvalue weighted by atomic mass is 10.9. The van der Waals surface area contributed by atoms with Gasteiger partial charge in [0.15, 0.2) is 0 Å². The van der Waals surface area contributed by atoms with Gasteiger partial charge < -0.3 is 25.3 Å². The largest absolute Gasteiger partial charge is 0.503 e. The molecule has 0 spiro atoms. The average molecular weight is 200 g/mol. The maximum atomic E-state index is 9.34. The molecule has 0 amide bonds. The number of hydrogen-bond donors (Lipinski definition) is 5. The van der Waals surface area contributed by atoms with Crippen LogP contribution in [-0.4, -0.2) is 44.0 Å². The second-order valence-electron chi connectivity index (χ2n) is 1.15. The molecule has 0 unspecified atom stereocenters. The molecule has 0 aliphatic carbocycles. The highest BCUT2D eigenvalue weighted by molar-refractivity contribution is 5.64. The Bertz CT molecular complexity index is 141. The van der Waals surface area contributed by atoms with Gasteiger partial charge in [-0.1, -0.05) is 0 Å². The number of carbonyl (C=O) groups excluding carboxylic acids is 1. The Morgan fingerprint density at radius 1 is 0.923 bits per heavy atom. The molecule has 9 nitrogen and oxygen atoms in total. The van der Waals surface area contributed by atoms with E-state index in [1.165, 1.54) is 0 Å². The van der Waals surface area contributed by atoms with Gasteiger partial charge in [-0.15, -0.1) is 0 Å². The van der Waals surface area contributed by atoms with Crippen LogP contribution in [-0.2, 0) is 9.68 Å². The van der Waals surface area contributed by atoms with E-state index in [1.807, 2.05) is 0 Å². The Morgan fingerprint density at radius 3 is 1.00 bits per heavy atom. The smallest absolute Gasteiger partial charge is 0.450 e. The monoisotopic (exact) mass is 200 g/mol. The zero-order valence-corrected chi connectivity index (χ0v) is 6.37. The van der Waals surface area contributed by atoms with E-state index in [0.717, 1.165) is 6.92 Å². The molecule has 13 heavy (non-hydrogen) atoms.